The number of benzene rings is 1. The fraction of sp³-hybridized carbons (Fsp3) is 0.353. The van der Waals surface area contributed by atoms with Crippen molar-refractivity contribution in [3.05, 3.63) is 54.0 Å². The smallest absolute Gasteiger partial charge is 0.270 e. The van der Waals surface area contributed by atoms with Crippen LogP contribution in [0.15, 0.2) is 42.7 Å². The standard InChI is InChI=1S/C17H22N4O/c1-13(2)10-18-17(22)15-9-16(20-12-19-15)21(3)11-14-7-5-4-6-8-14/h4-9,12-13H,10-11H2,1-3H3,(H,18,22). The van der Waals surface area contributed by atoms with Crippen molar-refractivity contribution in [1.82, 2.24) is 15.3 Å². The first kappa shape index (κ1) is 15.9. The van der Waals surface area contributed by atoms with Gasteiger partial charge < -0.3 is 10.2 Å². The van der Waals surface area contributed by atoms with E-state index in [1.165, 1.54) is 11.9 Å². The zero-order valence-corrected chi connectivity index (χ0v) is 13.3. The molecule has 0 saturated heterocycles. The lowest BCUT2D eigenvalue weighted by atomic mass is 10.2. The largest absolute Gasteiger partial charge is 0.355 e. The van der Waals surface area contributed by atoms with Gasteiger partial charge in [0.2, 0.25) is 0 Å². The highest BCUT2D eigenvalue weighted by Crippen LogP contribution is 2.13. The second kappa shape index (κ2) is 7.54. The van der Waals surface area contributed by atoms with Crippen LogP contribution in [0, 0.1) is 5.92 Å². The molecule has 1 heterocycles. The summed E-state index contributed by atoms with van der Waals surface area (Å²) in [6.45, 7) is 5.47. The number of nitrogens with one attached hydrogen (secondary N) is 1. The summed E-state index contributed by atoms with van der Waals surface area (Å²) in [6, 6.07) is 11.9. The van der Waals surface area contributed by atoms with Crippen molar-refractivity contribution >= 4 is 11.7 Å². The molecular weight excluding hydrogens is 276 g/mol. The number of amides is 1. The monoisotopic (exact) mass is 298 g/mol. The third kappa shape index (κ3) is 4.55. The zero-order chi connectivity index (χ0) is 15.9. The number of carbonyl (C=O) groups is 1. The summed E-state index contributed by atoms with van der Waals surface area (Å²) < 4.78 is 0. The number of aromatic nitrogens is 2. The highest BCUT2D eigenvalue weighted by atomic mass is 16.1. The van der Waals surface area contributed by atoms with Crippen molar-refractivity contribution in [3.63, 3.8) is 0 Å². The summed E-state index contributed by atoms with van der Waals surface area (Å²) in [7, 11) is 1.95. The van der Waals surface area contributed by atoms with Crippen LogP contribution >= 0.6 is 0 Å². The fourth-order valence-corrected chi connectivity index (χ4v) is 2.01. The molecule has 0 bridgehead atoms. The van der Waals surface area contributed by atoms with Crippen LogP contribution in [0.4, 0.5) is 5.82 Å². The molecule has 1 aromatic heterocycles. The van der Waals surface area contributed by atoms with Crippen LogP contribution in [-0.2, 0) is 6.54 Å². The van der Waals surface area contributed by atoms with Gasteiger partial charge in [0.1, 0.15) is 17.8 Å². The molecule has 0 unspecified atom stereocenters. The van der Waals surface area contributed by atoms with E-state index in [1.54, 1.807) is 6.07 Å². The van der Waals surface area contributed by atoms with Gasteiger partial charge in [0.15, 0.2) is 0 Å². The highest BCUT2D eigenvalue weighted by Gasteiger charge is 2.11. The molecule has 0 aliphatic heterocycles. The molecule has 1 aromatic carbocycles. The summed E-state index contributed by atoms with van der Waals surface area (Å²) in [5, 5.41) is 2.87. The molecule has 0 saturated carbocycles. The first-order valence-electron chi connectivity index (χ1n) is 7.41. The van der Waals surface area contributed by atoms with Gasteiger partial charge in [-0.1, -0.05) is 44.2 Å². The molecule has 0 radical (unpaired) electrons. The van der Waals surface area contributed by atoms with E-state index in [1.807, 2.05) is 30.1 Å². The number of carbonyl (C=O) groups excluding carboxylic acids is 1. The van der Waals surface area contributed by atoms with Crippen molar-refractivity contribution in [1.29, 1.82) is 0 Å². The average molecular weight is 298 g/mol. The molecule has 2 rings (SSSR count). The van der Waals surface area contributed by atoms with Crippen LogP contribution in [0.1, 0.15) is 29.9 Å². The minimum Gasteiger partial charge on any atom is -0.355 e. The van der Waals surface area contributed by atoms with Crippen molar-refractivity contribution in [3.8, 4) is 0 Å². The molecule has 5 heteroatoms. The molecule has 116 valence electrons. The van der Waals surface area contributed by atoms with Gasteiger partial charge in [0, 0.05) is 26.2 Å². The predicted octanol–water partition coefficient (Wildman–Crippen LogP) is 2.50. The quantitative estimate of drug-likeness (QED) is 0.890. The maximum Gasteiger partial charge on any atom is 0.270 e. The van der Waals surface area contributed by atoms with E-state index in [-0.39, 0.29) is 5.91 Å². The van der Waals surface area contributed by atoms with E-state index in [9.17, 15) is 4.79 Å². The third-order valence-corrected chi connectivity index (χ3v) is 3.21. The molecule has 22 heavy (non-hydrogen) atoms. The normalized spacial score (nSPS) is 10.5. The Morgan fingerprint density at radius 2 is 1.95 bits per heavy atom. The molecule has 0 atom stereocenters. The second-order valence-corrected chi connectivity index (χ2v) is 5.71. The first-order valence-corrected chi connectivity index (χ1v) is 7.41. The van der Waals surface area contributed by atoms with Gasteiger partial charge in [0.05, 0.1) is 0 Å². The van der Waals surface area contributed by atoms with Crippen LogP contribution in [0.2, 0.25) is 0 Å². The van der Waals surface area contributed by atoms with Crippen LogP contribution in [-0.4, -0.2) is 29.5 Å². The molecule has 0 aliphatic carbocycles. The summed E-state index contributed by atoms with van der Waals surface area (Å²) in [5.74, 6) is 0.977. The number of rotatable bonds is 6. The summed E-state index contributed by atoms with van der Waals surface area (Å²) in [5.41, 5.74) is 1.58. The maximum atomic E-state index is 12.1. The molecule has 5 nitrogen and oxygen atoms in total. The number of nitrogens with zero attached hydrogens (tertiary/aromatic N) is 3. The van der Waals surface area contributed by atoms with E-state index in [0.29, 0.717) is 18.2 Å². The van der Waals surface area contributed by atoms with E-state index in [0.717, 1.165) is 12.4 Å². The molecule has 0 aliphatic rings. The SMILES string of the molecule is CC(C)CNC(=O)c1cc(N(C)Cc2ccccc2)ncn1. The highest BCUT2D eigenvalue weighted by molar-refractivity contribution is 5.92. The minimum absolute atomic E-state index is 0.162. The zero-order valence-electron chi connectivity index (χ0n) is 13.3. The molecular formula is C17H22N4O. The summed E-state index contributed by atoms with van der Waals surface area (Å²) in [4.78, 5) is 22.4. The minimum atomic E-state index is -0.162. The van der Waals surface area contributed by atoms with Gasteiger partial charge in [-0.25, -0.2) is 9.97 Å². The molecule has 2 aromatic rings. The lowest BCUT2D eigenvalue weighted by Gasteiger charge is -2.18. The van der Waals surface area contributed by atoms with Crippen LogP contribution in [0.5, 0.6) is 0 Å². The van der Waals surface area contributed by atoms with Crippen molar-refractivity contribution in [2.24, 2.45) is 5.92 Å². The van der Waals surface area contributed by atoms with Gasteiger partial charge in [-0.3, -0.25) is 4.79 Å². The first-order chi connectivity index (χ1) is 10.6. The van der Waals surface area contributed by atoms with Gasteiger partial charge >= 0.3 is 0 Å². The topological polar surface area (TPSA) is 58.1 Å². The number of hydrogen-bond donors (Lipinski definition) is 1. The van der Waals surface area contributed by atoms with Crippen LogP contribution in [0.25, 0.3) is 0 Å². The second-order valence-electron chi connectivity index (χ2n) is 5.71. The average Bonchev–Trinajstić information content (AvgIpc) is 2.53. The molecule has 1 N–H and O–H groups in total. The van der Waals surface area contributed by atoms with Crippen molar-refractivity contribution < 1.29 is 4.79 Å². The lowest BCUT2D eigenvalue weighted by Crippen LogP contribution is -2.28. The van der Waals surface area contributed by atoms with Gasteiger partial charge in [-0.05, 0) is 11.5 Å². The Hall–Kier alpha value is -2.43. The lowest BCUT2D eigenvalue weighted by molar-refractivity contribution is 0.0944. The van der Waals surface area contributed by atoms with Gasteiger partial charge in [-0.15, -0.1) is 0 Å². The van der Waals surface area contributed by atoms with Crippen LogP contribution < -0.4 is 10.2 Å². The molecule has 1 amide bonds. The summed E-state index contributed by atoms with van der Waals surface area (Å²) >= 11 is 0. The number of hydrogen-bond acceptors (Lipinski definition) is 4. The number of anilines is 1. The van der Waals surface area contributed by atoms with E-state index < -0.39 is 0 Å². The Morgan fingerprint density at radius 3 is 2.64 bits per heavy atom. The van der Waals surface area contributed by atoms with Crippen molar-refractivity contribution in [2.45, 2.75) is 20.4 Å². The Kier molecular flexibility index (Phi) is 5.47. The van der Waals surface area contributed by atoms with E-state index in [4.69, 9.17) is 0 Å². The van der Waals surface area contributed by atoms with E-state index >= 15 is 0 Å². The third-order valence-electron chi connectivity index (χ3n) is 3.21. The van der Waals surface area contributed by atoms with Crippen LogP contribution in [0.3, 0.4) is 0 Å². The summed E-state index contributed by atoms with van der Waals surface area (Å²) in [6.07, 6.45) is 1.43. The Labute approximate surface area is 131 Å². The molecule has 0 fully saturated rings. The van der Waals surface area contributed by atoms with Gasteiger partial charge in [-0.2, -0.15) is 0 Å². The maximum absolute atomic E-state index is 12.1. The molecule has 0 spiro atoms. The Balaban J connectivity index is 2.05. The Morgan fingerprint density at radius 1 is 1.23 bits per heavy atom. The van der Waals surface area contributed by atoms with E-state index in [2.05, 4.69) is 41.3 Å². The van der Waals surface area contributed by atoms with Crippen molar-refractivity contribution in [2.75, 3.05) is 18.5 Å². The fourth-order valence-electron chi connectivity index (χ4n) is 2.01. The predicted molar refractivity (Wildman–Crippen MR) is 87.8 cm³/mol. The van der Waals surface area contributed by atoms with Gasteiger partial charge in [0.25, 0.3) is 5.91 Å². The Bertz CT molecular complexity index is 613.